The molecule has 2 amide bonds. The lowest BCUT2D eigenvalue weighted by atomic mass is 10.2. The minimum absolute atomic E-state index is 0.00949. The third-order valence-electron chi connectivity index (χ3n) is 2.72. The molecule has 6 nitrogen and oxygen atoms in total. The SMILES string of the molecule is CCCNC(=O)CN(C)C(=O)COc1ccc(C#N)cc1. The first-order chi connectivity index (χ1) is 10.1. The summed E-state index contributed by atoms with van der Waals surface area (Å²) in [6, 6.07) is 8.48. The van der Waals surface area contributed by atoms with Crippen molar-refractivity contribution in [2.45, 2.75) is 13.3 Å². The Kier molecular flexibility index (Phi) is 6.75. The molecule has 0 unspecified atom stereocenters. The van der Waals surface area contributed by atoms with Crippen molar-refractivity contribution in [1.82, 2.24) is 10.2 Å². The molecule has 0 aliphatic rings. The van der Waals surface area contributed by atoms with Crippen LogP contribution in [0.15, 0.2) is 24.3 Å². The largest absolute Gasteiger partial charge is 0.484 e. The zero-order chi connectivity index (χ0) is 15.7. The number of likely N-dealkylation sites (N-methyl/N-ethyl adjacent to an activating group) is 1. The highest BCUT2D eigenvalue weighted by molar-refractivity contribution is 5.85. The van der Waals surface area contributed by atoms with Crippen LogP contribution in [-0.4, -0.2) is 43.5 Å². The van der Waals surface area contributed by atoms with E-state index in [0.29, 0.717) is 17.9 Å². The van der Waals surface area contributed by atoms with Crippen LogP contribution >= 0.6 is 0 Å². The first-order valence-electron chi connectivity index (χ1n) is 6.70. The fourth-order valence-corrected chi connectivity index (χ4v) is 1.50. The van der Waals surface area contributed by atoms with Crippen LogP contribution < -0.4 is 10.1 Å². The summed E-state index contributed by atoms with van der Waals surface area (Å²) < 4.78 is 5.32. The molecule has 0 saturated carbocycles. The van der Waals surface area contributed by atoms with E-state index in [4.69, 9.17) is 10.00 Å². The Morgan fingerprint density at radius 2 is 2.00 bits per heavy atom. The first kappa shape index (κ1) is 16.5. The lowest BCUT2D eigenvalue weighted by Crippen LogP contribution is -2.40. The van der Waals surface area contributed by atoms with Gasteiger partial charge in [-0.1, -0.05) is 6.92 Å². The topological polar surface area (TPSA) is 82.4 Å². The zero-order valence-corrected chi connectivity index (χ0v) is 12.3. The monoisotopic (exact) mass is 289 g/mol. The second kappa shape index (κ2) is 8.59. The zero-order valence-electron chi connectivity index (χ0n) is 12.3. The minimum atomic E-state index is -0.286. The van der Waals surface area contributed by atoms with Gasteiger partial charge in [0.25, 0.3) is 5.91 Å². The van der Waals surface area contributed by atoms with Crippen LogP contribution in [0.1, 0.15) is 18.9 Å². The van der Waals surface area contributed by atoms with Gasteiger partial charge >= 0.3 is 0 Å². The van der Waals surface area contributed by atoms with Gasteiger partial charge in [-0.2, -0.15) is 5.26 Å². The molecule has 112 valence electrons. The van der Waals surface area contributed by atoms with Gasteiger partial charge in [-0.3, -0.25) is 9.59 Å². The van der Waals surface area contributed by atoms with Crippen molar-refractivity contribution < 1.29 is 14.3 Å². The summed E-state index contributed by atoms with van der Waals surface area (Å²) in [5.74, 6) is 0.0308. The fraction of sp³-hybridized carbons (Fsp3) is 0.400. The molecule has 1 rings (SSSR count). The summed E-state index contributed by atoms with van der Waals surface area (Å²) >= 11 is 0. The lowest BCUT2D eigenvalue weighted by molar-refractivity contribution is -0.136. The van der Waals surface area contributed by atoms with E-state index < -0.39 is 0 Å². The van der Waals surface area contributed by atoms with Crippen LogP contribution in [-0.2, 0) is 9.59 Å². The number of hydrogen-bond donors (Lipinski definition) is 1. The highest BCUT2D eigenvalue weighted by atomic mass is 16.5. The van der Waals surface area contributed by atoms with Gasteiger partial charge in [0.2, 0.25) is 5.91 Å². The van der Waals surface area contributed by atoms with Gasteiger partial charge in [0.1, 0.15) is 5.75 Å². The molecule has 0 atom stereocenters. The maximum atomic E-state index is 11.8. The Hall–Kier alpha value is -2.55. The summed E-state index contributed by atoms with van der Waals surface area (Å²) in [4.78, 5) is 24.6. The standard InChI is InChI=1S/C15H19N3O3/c1-3-8-17-14(19)10-18(2)15(20)11-21-13-6-4-12(9-16)5-7-13/h4-7H,3,8,10-11H2,1-2H3,(H,17,19). The summed E-state index contributed by atoms with van der Waals surface area (Å²) in [5.41, 5.74) is 0.526. The second-order valence-electron chi connectivity index (χ2n) is 4.52. The molecule has 1 aromatic rings. The van der Waals surface area contributed by atoms with Crippen molar-refractivity contribution in [2.24, 2.45) is 0 Å². The van der Waals surface area contributed by atoms with Gasteiger partial charge in [-0.05, 0) is 30.7 Å². The van der Waals surface area contributed by atoms with Crippen LogP contribution in [0.4, 0.5) is 0 Å². The first-order valence-corrected chi connectivity index (χ1v) is 6.70. The minimum Gasteiger partial charge on any atom is -0.484 e. The predicted molar refractivity (Wildman–Crippen MR) is 77.6 cm³/mol. The molecule has 0 aliphatic heterocycles. The highest BCUT2D eigenvalue weighted by Gasteiger charge is 2.13. The summed E-state index contributed by atoms with van der Waals surface area (Å²) in [5, 5.41) is 11.4. The Morgan fingerprint density at radius 1 is 1.33 bits per heavy atom. The Labute approximate surface area is 124 Å². The third kappa shape index (κ3) is 5.95. The third-order valence-corrected chi connectivity index (χ3v) is 2.72. The van der Waals surface area contributed by atoms with Crippen LogP contribution in [0, 0.1) is 11.3 Å². The molecule has 0 saturated heterocycles. The van der Waals surface area contributed by atoms with E-state index in [-0.39, 0.29) is 25.0 Å². The maximum Gasteiger partial charge on any atom is 0.260 e. The molecule has 0 bridgehead atoms. The van der Waals surface area contributed by atoms with Gasteiger partial charge in [0.15, 0.2) is 6.61 Å². The fourth-order valence-electron chi connectivity index (χ4n) is 1.50. The predicted octanol–water partition coefficient (Wildman–Crippen LogP) is 0.922. The molecule has 0 radical (unpaired) electrons. The van der Waals surface area contributed by atoms with Crippen molar-refractivity contribution in [1.29, 1.82) is 5.26 Å². The van der Waals surface area contributed by atoms with Gasteiger partial charge in [0, 0.05) is 13.6 Å². The van der Waals surface area contributed by atoms with E-state index >= 15 is 0 Å². The number of amides is 2. The van der Waals surface area contributed by atoms with Crippen LogP contribution in [0.5, 0.6) is 5.75 Å². The number of benzene rings is 1. The number of nitriles is 1. The molecule has 0 aliphatic carbocycles. The molecule has 1 N–H and O–H groups in total. The van der Waals surface area contributed by atoms with Crippen LogP contribution in [0.25, 0.3) is 0 Å². The van der Waals surface area contributed by atoms with Gasteiger partial charge in [0.05, 0.1) is 18.2 Å². The highest BCUT2D eigenvalue weighted by Crippen LogP contribution is 2.11. The molecule has 21 heavy (non-hydrogen) atoms. The van der Waals surface area contributed by atoms with E-state index in [1.54, 1.807) is 31.3 Å². The van der Waals surface area contributed by atoms with Crippen molar-refractivity contribution in [2.75, 3.05) is 26.7 Å². The molecule has 0 fully saturated rings. The second-order valence-corrected chi connectivity index (χ2v) is 4.52. The Balaban J connectivity index is 2.38. The van der Waals surface area contributed by atoms with E-state index in [2.05, 4.69) is 5.32 Å². The smallest absolute Gasteiger partial charge is 0.260 e. The van der Waals surface area contributed by atoms with Crippen molar-refractivity contribution in [3.63, 3.8) is 0 Å². The summed E-state index contributed by atoms with van der Waals surface area (Å²) in [6.07, 6.45) is 0.852. The van der Waals surface area contributed by atoms with E-state index in [0.717, 1.165) is 6.42 Å². The number of hydrogen-bond acceptors (Lipinski definition) is 4. The molecule has 0 spiro atoms. The maximum absolute atomic E-state index is 11.8. The molecule has 1 aromatic carbocycles. The molecule has 0 heterocycles. The average Bonchev–Trinajstić information content (AvgIpc) is 2.50. The number of carbonyl (C=O) groups is 2. The summed E-state index contributed by atoms with van der Waals surface area (Å²) in [7, 11) is 1.55. The van der Waals surface area contributed by atoms with Crippen molar-refractivity contribution >= 4 is 11.8 Å². The number of nitrogens with zero attached hydrogens (tertiary/aromatic N) is 2. The molecular formula is C15H19N3O3. The molecule has 0 aromatic heterocycles. The summed E-state index contributed by atoms with van der Waals surface area (Å²) in [6.45, 7) is 2.42. The van der Waals surface area contributed by atoms with Gasteiger partial charge in [-0.25, -0.2) is 0 Å². The van der Waals surface area contributed by atoms with Crippen molar-refractivity contribution in [3.8, 4) is 11.8 Å². The number of carbonyl (C=O) groups excluding carboxylic acids is 2. The van der Waals surface area contributed by atoms with Crippen LogP contribution in [0.2, 0.25) is 0 Å². The van der Waals surface area contributed by atoms with E-state index in [1.165, 1.54) is 4.90 Å². The lowest BCUT2D eigenvalue weighted by Gasteiger charge is -2.17. The molecule has 6 heteroatoms. The van der Waals surface area contributed by atoms with E-state index in [9.17, 15) is 9.59 Å². The number of rotatable bonds is 7. The van der Waals surface area contributed by atoms with Crippen LogP contribution in [0.3, 0.4) is 0 Å². The number of nitrogens with one attached hydrogen (secondary N) is 1. The quantitative estimate of drug-likeness (QED) is 0.809. The van der Waals surface area contributed by atoms with Gasteiger partial charge < -0.3 is 15.0 Å². The van der Waals surface area contributed by atoms with Gasteiger partial charge in [-0.15, -0.1) is 0 Å². The van der Waals surface area contributed by atoms with Crippen molar-refractivity contribution in [3.05, 3.63) is 29.8 Å². The molecular weight excluding hydrogens is 270 g/mol. The Bertz CT molecular complexity index is 520. The number of ether oxygens (including phenoxy) is 1. The Morgan fingerprint density at radius 3 is 2.57 bits per heavy atom. The normalized spacial score (nSPS) is 9.57. The van der Waals surface area contributed by atoms with E-state index in [1.807, 2.05) is 13.0 Å². The average molecular weight is 289 g/mol.